The molecule has 3 nitrogen and oxygen atoms in total. The monoisotopic (exact) mass is 183 g/mol. The zero-order valence-corrected chi connectivity index (χ0v) is 8.92. The summed E-state index contributed by atoms with van der Waals surface area (Å²) in [6, 6.07) is 1.80. The fourth-order valence-electron chi connectivity index (χ4n) is 1.04. The first kappa shape index (κ1) is 11.8. The third kappa shape index (κ3) is 2.93. The molecule has 1 aromatic rings. The Morgan fingerprint density at radius 2 is 2.00 bits per heavy atom. The topological polar surface area (TPSA) is 31.2 Å². The summed E-state index contributed by atoms with van der Waals surface area (Å²) in [7, 11) is 3.20. The van der Waals surface area contributed by atoms with E-state index in [-0.39, 0.29) is 5.97 Å². The van der Waals surface area contributed by atoms with E-state index in [0.29, 0.717) is 5.69 Å². The summed E-state index contributed by atoms with van der Waals surface area (Å²) in [4.78, 5) is 11.0. The molecule has 0 amide bonds. The zero-order valence-electron chi connectivity index (χ0n) is 8.92. The smallest absolute Gasteiger partial charge is 0.354 e. The van der Waals surface area contributed by atoms with Crippen LogP contribution in [0.3, 0.4) is 0 Å². The molecule has 0 fully saturated rings. The molecule has 0 aliphatic heterocycles. The van der Waals surface area contributed by atoms with E-state index in [2.05, 4.69) is 4.74 Å². The van der Waals surface area contributed by atoms with Gasteiger partial charge >= 0.3 is 5.97 Å². The van der Waals surface area contributed by atoms with E-state index in [1.54, 1.807) is 10.6 Å². The fourth-order valence-corrected chi connectivity index (χ4v) is 1.04. The molecule has 0 aliphatic carbocycles. The second-order valence-electron chi connectivity index (χ2n) is 2.51. The number of hydrogen-bond acceptors (Lipinski definition) is 2. The fraction of sp³-hybridized carbons (Fsp3) is 0.500. The lowest BCUT2D eigenvalue weighted by molar-refractivity contribution is 0.0590. The van der Waals surface area contributed by atoms with E-state index >= 15 is 0 Å². The van der Waals surface area contributed by atoms with Gasteiger partial charge in [-0.3, -0.25) is 0 Å². The molecule has 0 aromatic carbocycles. The highest BCUT2D eigenvalue weighted by Crippen LogP contribution is 2.06. The Bertz CT molecular complexity index is 276. The summed E-state index contributed by atoms with van der Waals surface area (Å²) in [5.41, 5.74) is 1.65. The number of aryl methyl sites for hydroxylation is 2. The third-order valence-corrected chi connectivity index (χ3v) is 1.54. The first-order chi connectivity index (χ1) is 6.15. The van der Waals surface area contributed by atoms with Crippen molar-refractivity contribution in [3.05, 3.63) is 23.5 Å². The SMILES string of the molecule is CC.COC(=O)c1cc(C)cn1C. The van der Waals surface area contributed by atoms with Crippen LogP contribution in [0, 0.1) is 6.92 Å². The van der Waals surface area contributed by atoms with Crippen LogP contribution in [0.1, 0.15) is 29.9 Å². The van der Waals surface area contributed by atoms with Gasteiger partial charge in [0.15, 0.2) is 0 Å². The highest BCUT2D eigenvalue weighted by Gasteiger charge is 2.09. The van der Waals surface area contributed by atoms with Crippen molar-refractivity contribution in [2.45, 2.75) is 20.8 Å². The largest absolute Gasteiger partial charge is 0.464 e. The summed E-state index contributed by atoms with van der Waals surface area (Å²) >= 11 is 0. The van der Waals surface area contributed by atoms with Crippen LogP contribution >= 0.6 is 0 Å². The molecule has 74 valence electrons. The summed E-state index contributed by atoms with van der Waals surface area (Å²) in [6.45, 7) is 5.94. The maximum atomic E-state index is 11.0. The van der Waals surface area contributed by atoms with Crippen molar-refractivity contribution in [2.75, 3.05) is 7.11 Å². The Morgan fingerprint density at radius 3 is 2.31 bits per heavy atom. The van der Waals surface area contributed by atoms with Gasteiger partial charge in [0.25, 0.3) is 0 Å². The predicted molar refractivity (Wildman–Crippen MR) is 52.8 cm³/mol. The molecule has 13 heavy (non-hydrogen) atoms. The van der Waals surface area contributed by atoms with Gasteiger partial charge in [-0.05, 0) is 18.6 Å². The lowest BCUT2D eigenvalue weighted by atomic mass is 10.3. The van der Waals surface area contributed by atoms with Crippen molar-refractivity contribution in [3.63, 3.8) is 0 Å². The molecular weight excluding hydrogens is 166 g/mol. The van der Waals surface area contributed by atoms with Gasteiger partial charge in [-0.15, -0.1) is 0 Å². The molecule has 1 heterocycles. The number of ether oxygens (including phenoxy) is 1. The van der Waals surface area contributed by atoms with Crippen LogP contribution in [-0.4, -0.2) is 17.6 Å². The Hall–Kier alpha value is -1.25. The second kappa shape index (κ2) is 5.41. The molecule has 0 spiro atoms. The molecule has 0 atom stereocenters. The maximum Gasteiger partial charge on any atom is 0.354 e. The number of rotatable bonds is 1. The van der Waals surface area contributed by atoms with Gasteiger partial charge in [-0.25, -0.2) is 4.79 Å². The number of aromatic nitrogens is 1. The number of hydrogen-bond donors (Lipinski definition) is 0. The Labute approximate surface area is 79.3 Å². The summed E-state index contributed by atoms with van der Waals surface area (Å²) in [5.74, 6) is -0.291. The lowest BCUT2D eigenvalue weighted by Gasteiger charge is -1.98. The minimum Gasteiger partial charge on any atom is -0.464 e. The van der Waals surface area contributed by atoms with Crippen molar-refractivity contribution in [2.24, 2.45) is 7.05 Å². The highest BCUT2D eigenvalue weighted by atomic mass is 16.5. The van der Waals surface area contributed by atoms with Gasteiger partial charge in [0.05, 0.1) is 7.11 Å². The molecular formula is C10H17NO2. The average molecular weight is 183 g/mol. The maximum absolute atomic E-state index is 11.0. The molecule has 0 radical (unpaired) electrons. The Kier molecular flexibility index (Phi) is 4.89. The molecule has 0 saturated carbocycles. The quantitative estimate of drug-likeness (QED) is 0.625. The lowest BCUT2D eigenvalue weighted by Crippen LogP contribution is -2.06. The van der Waals surface area contributed by atoms with Crippen LogP contribution in [-0.2, 0) is 11.8 Å². The van der Waals surface area contributed by atoms with Crippen LogP contribution in [0.5, 0.6) is 0 Å². The summed E-state index contributed by atoms with van der Waals surface area (Å²) in [6.07, 6.45) is 1.88. The van der Waals surface area contributed by atoms with E-state index in [0.717, 1.165) is 5.56 Å². The van der Waals surface area contributed by atoms with E-state index < -0.39 is 0 Å². The van der Waals surface area contributed by atoms with Gasteiger partial charge < -0.3 is 9.30 Å². The summed E-state index contributed by atoms with van der Waals surface area (Å²) < 4.78 is 6.32. The molecule has 0 N–H and O–H groups in total. The first-order valence-corrected chi connectivity index (χ1v) is 4.36. The van der Waals surface area contributed by atoms with Crippen LogP contribution in [0.2, 0.25) is 0 Å². The zero-order chi connectivity index (χ0) is 10.4. The van der Waals surface area contributed by atoms with E-state index in [1.165, 1.54) is 7.11 Å². The number of nitrogens with zero attached hydrogens (tertiary/aromatic N) is 1. The number of carbonyl (C=O) groups excluding carboxylic acids is 1. The van der Waals surface area contributed by atoms with Crippen LogP contribution < -0.4 is 0 Å². The van der Waals surface area contributed by atoms with E-state index in [1.807, 2.05) is 34.0 Å². The first-order valence-electron chi connectivity index (χ1n) is 4.36. The molecule has 0 aliphatic rings. The molecule has 1 aromatic heterocycles. The second-order valence-corrected chi connectivity index (χ2v) is 2.51. The van der Waals surface area contributed by atoms with E-state index in [9.17, 15) is 4.79 Å². The van der Waals surface area contributed by atoms with Crippen LogP contribution in [0.4, 0.5) is 0 Å². The van der Waals surface area contributed by atoms with E-state index in [4.69, 9.17) is 0 Å². The number of methoxy groups -OCH3 is 1. The Morgan fingerprint density at radius 1 is 1.46 bits per heavy atom. The van der Waals surface area contributed by atoms with Crippen molar-refractivity contribution < 1.29 is 9.53 Å². The van der Waals surface area contributed by atoms with Crippen LogP contribution in [0.15, 0.2) is 12.3 Å². The number of esters is 1. The standard InChI is InChI=1S/C8H11NO2.C2H6/c1-6-4-7(8(10)11-3)9(2)5-6;1-2/h4-5H,1-3H3;1-2H3. The third-order valence-electron chi connectivity index (χ3n) is 1.54. The van der Waals surface area contributed by atoms with Gasteiger partial charge in [0.2, 0.25) is 0 Å². The highest BCUT2D eigenvalue weighted by molar-refractivity contribution is 5.87. The molecule has 3 heteroatoms. The van der Waals surface area contributed by atoms with Crippen molar-refractivity contribution >= 4 is 5.97 Å². The van der Waals surface area contributed by atoms with Gasteiger partial charge in [-0.2, -0.15) is 0 Å². The normalized spacial score (nSPS) is 8.69. The van der Waals surface area contributed by atoms with Gasteiger partial charge in [-0.1, -0.05) is 13.8 Å². The predicted octanol–water partition coefficient (Wildman–Crippen LogP) is 2.15. The van der Waals surface area contributed by atoms with Crippen molar-refractivity contribution in [3.8, 4) is 0 Å². The van der Waals surface area contributed by atoms with Crippen LogP contribution in [0.25, 0.3) is 0 Å². The van der Waals surface area contributed by atoms with Crippen molar-refractivity contribution in [1.29, 1.82) is 0 Å². The molecule has 0 saturated heterocycles. The number of carbonyl (C=O) groups is 1. The van der Waals surface area contributed by atoms with Crippen molar-refractivity contribution in [1.82, 2.24) is 4.57 Å². The Balaban J connectivity index is 0.000000671. The molecule has 0 unspecified atom stereocenters. The average Bonchev–Trinajstić information content (AvgIpc) is 2.47. The molecule has 1 rings (SSSR count). The minimum atomic E-state index is -0.291. The van der Waals surface area contributed by atoms with Gasteiger partial charge in [0, 0.05) is 13.2 Å². The van der Waals surface area contributed by atoms with Gasteiger partial charge in [0.1, 0.15) is 5.69 Å². The minimum absolute atomic E-state index is 0.291. The molecule has 0 bridgehead atoms. The summed E-state index contributed by atoms with van der Waals surface area (Å²) in [5, 5.41) is 0.